The number of hydrogen-bond acceptors (Lipinski definition) is 3. The maximum Gasteiger partial charge on any atom is 0.0541 e. The number of rotatable bonds is 3. The second kappa shape index (κ2) is 6.04. The van der Waals surface area contributed by atoms with Crippen molar-refractivity contribution < 1.29 is 7.85 Å². The molecule has 1 aliphatic rings. The third kappa shape index (κ3) is 3.46. The van der Waals surface area contributed by atoms with Gasteiger partial charge in [0.15, 0.2) is 0 Å². The van der Waals surface area contributed by atoms with E-state index in [0.717, 1.165) is 35.7 Å². The molecule has 1 fully saturated rings. The van der Waals surface area contributed by atoms with Gasteiger partial charge in [0.1, 0.15) is 0 Å². The SMILES string of the molecule is [2H][13C]([2H])(NC1CCC(O)CC1)c1cc(C)cc(Br)c1N. The van der Waals surface area contributed by atoms with E-state index in [1.807, 2.05) is 13.0 Å². The predicted molar refractivity (Wildman–Crippen MR) is 78.4 cm³/mol. The van der Waals surface area contributed by atoms with Crippen LogP contribution in [0.2, 0.25) is 0 Å². The zero-order valence-corrected chi connectivity index (χ0v) is 12.1. The Bertz CT molecular complexity index is 488. The molecule has 0 unspecified atom stereocenters. The van der Waals surface area contributed by atoms with Crippen molar-refractivity contribution in [1.82, 2.24) is 5.32 Å². The number of aliphatic hydroxyl groups is 1. The van der Waals surface area contributed by atoms with Gasteiger partial charge in [0, 0.05) is 19.8 Å². The lowest BCUT2D eigenvalue weighted by atomic mass is 9.93. The molecule has 0 aromatic heterocycles. The number of aliphatic hydroxyl groups excluding tert-OH is 1. The first kappa shape index (κ1) is 11.3. The van der Waals surface area contributed by atoms with Crippen LogP contribution in [0.25, 0.3) is 0 Å². The van der Waals surface area contributed by atoms with E-state index in [0.29, 0.717) is 11.3 Å². The fourth-order valence-electron chi connectivity index (χ4n) is 2.26. The van der Waals surface area contributed by atoms with Crippen LogP contribution in [0.5, 0.6) is 0 Å². The van der Waals surface area contributed by atoms with E-state index in [9.17, 15) is 5.11 Å². The van der Waals surface area contributed by atoms with Gasteiger partial charge < -0.3 is 16.2 Å². The van der Waals surface area contributed by atoms with Crippen LogP contribution in [0.3, 0.4) is 0 Å². The molecule has 0 aliphatic heterocycles. The van der Waals surface area contributed by atoms with Crippen LogP contribution in [0, 0.1) is 6.92 Å². The standard InChI is InChI=1S/C14H21BrN2O/c1-9-6-10(14(16)13(15)7-9)8-17-11-2-4-12(18)5-3-11/h6-7,11-12,17-18H,2-5,8,16H2,1H3/i8+1D2. The zero-order chi connectivity index (χ0) is 14.9. The molecule has 1 aromatic rings. The lowest BCUT2D eigenvalue weighted by Crippen LogP contribution is -2.34. The van der Waals surface area contributed by atoms with E-state index in [-0.39, 0.29) is 12.1 Å². The number of aryl methyl sites for hydroxylation is 1. The highest BCUT2D eigenvalue weighted by molar-refractivity contribution is 9.10. The molecule has 0 spiro atoms. The van der Waals surface area contributed by atoms with Crippen molar-refractivity contribution in [1.29, 1.82) is 0 Å². The Kier molecular flexibility index (Phi) is 3.78. The molecule has 1 aromatic carbocycles. The van der Waals surface area contributed by atoms with Crippen LogP contribution in [-0.4, -0.2) is 17.3 Å². The van der Waals surface area contributed by atoms with E-state index < -0.39 is 6.50 Å². The third-order valence-corrected chi connectivity index (χ3v) is 4.04. The molecule has 1 saturated carbocycles. The largest absolute Gasteiger partial charge is 0.398 e. The summed E-state index contributed by atoms with van der Waals surface area (Å²) in [5.74, 6) is 0. The van der Waals surface area contributed by atoms with Crippen LogP contribution in [0.1, 0.15) is 39.6 Å². The van der Waals surface area contributed by atoms with E-state index in [1.165, 1.54) is 0 Å². The van der Waals surface area contributed by atoms with Crippen molar-refractivity contribution >= 4 is 21.6 Å². The molecule has 100 valence electrons. The summed E-state index contributed by atoms with van der Waals surface area (Å²) in [4.78, 5) is 0. The number of nitrogen functional groups attached to an aromatic ring is 1. The number of nitrogens with one attached hydrogen (secondary N) is 1. The van der Waals surface area contributed by atoms with Crippen LogP contribution in [0.4, 0.5) is 5.69 Å². The summed E-state index contributed by atoms with van der Waals surface area (Å²) < 4.78 is 17.3. The lowest BCUT2D eigenvalue weighted by molar-refractivity contribution is 0.116. The number of nitrogens with two attached hydrogens (primary N) is 1. The maximum absolute atomic E-state index is 9.51. The molecule has 0 bridgehead atoms. The average Bonchev–Trinajstić information content (AvgIpc) is 2.36. The molecule has 0 amide bonds. The minimum absolute atomic E-state index is 0.0760. The number of benzene rings is 1. The Morgan fingerprint density at radius 3 is 2.78 bits per heavy atom. The van der Waals surface area contributed by atoms with Crippen molar-refractivity contribution in [3.8, 4) is 0 Å². The van der Waals surface area contributed by atoms with E-state index >= 15 is 0 Å². The first-order chi connectivity index (χ1) is 9.29. The van der Waals surface area contributed by atoms with Gasteiger partial charge in [-0.1, -0.05) is 6.07 Å². The van der Waals surface area contributed by atoms with Crippen molar-refractivity contribution in [3.63, 3.8) is 0 Å². The summed E-state index contributed by atoms with van der Waals surface area (Å²) in [6.45, 7) is 0.242. The van der Waals surface area contributed by atoms with Crippen molar-refractivity contribution in [2.45, 2.75) is 51.2 Å². The zero-order valence-electron chi connectivity index (χ0n) is 12.5. The molecule has 2 rings (SSSR count). The molecule has 0 heterocycles. The first-order valence-electron chi connectivity index (χ1n) is 7.31. The normalized spacial score (nSPS) is 26.6. The molecule has 0 saturated heterocycles. The summed E-state index contributed by atoms with van der Waals surface area (Å²) in [5, 5.41) is 12.6. The van der Waals surface area contributed by atoms with Crippen LogP contribution >= 0.6 is 15.9 Å². The Hall–Kier alpha value is -0.580. The number of anilines is 1. The summed E-state index contributed by atoms with van der Waals surface area (Å²) in [6.07, 6.45) is 2.78. The van der Waals surface area contributed by atoms with E-state index in [1.54, 1.807) is 6.07 Å². The topological polar surface area (TPSA) is 58.3 Å². The first-order valence-corrected chi connectivity index (χ1v) is 7.11. The maximum atomic E-state index is 9.51. The predicted octanol–water partition coefficient (Wildman–Crippen LogP) is 2.73. The summed E-state index contributed by atoms with van der Waals surface area (Å²) in [7, 11) is 0. The molecular formula is C14H21BrN2O. The van der Waals surface area contributed by atoms with Crippen molar-refractivity contribution in [3.05, 3.63) is 27.7 Å². The minimum atomic E-state index is -1.68. The Morgan fingerprint density at radius 2 is 2.11 bits per heavy atom. The van der Waals surface area contributed by atoms with Crippen molar-refractivity contribution in [2.24, 2.45) is 0 Å². The Balaban J connectivity index is 2.18. The fourth-order valence-corrected chi connectivity index (χ4v) is 2.83. The molecule has 4 heteroatoms. The fraction of sp³-hybridized carbons (Fsp3) is 0.571. The van der Waals surface area contributed by atoms with Crippen LogP contribution in [0.15, 0.2) is 16.6 Å². The smallest absolute Gasteiger partial charge is 0.0541 e. The summed E-state index contributed by atoms with van der Waals surface area (Å²) in [6, 6.07) is 3.74. The van der Waals surface area contributed by atoms with Gasteiger partial charge in [-0.05, 0) is 65.7 Å². The van der Waals surface area contributed by atoms with Crippen LogP contribution in [-0.2, 0) is 6.50 Å². The monoisotopic (exact) mass is 315 g/mol. The Labute approximate surface area is 120 Å². The van der Waals surface area contributed by atoms with Gasteiger partial charge in [-0.2, -0.15) is 0 Å². The second-order valence-electron chi connectivity index (χ2n) is 4.98. The molecule has 0 atom stereocenters. The van der Waals surface area contributed by atoms with Gasteiger partial charge in [-0.25, -0.2) is 0 Å². The van der Waals surface area contributed by atoms with Gasteiger partial charge in [-0.15, -0.1) is 0 Å². The minimum Gasteiger partial charge on any atom is -0.398 e. The molecular weight excluding hydrogens is 293 g/mol. The summed E-state index contributed by atoms with van der Waals surface area (Å²) >= 11 is 3.37. The van der Waals surface area contributed by atoms with Gasteiger partial charge in [0.2, 0.25) is 0 Å². The van der Waals surface area contributed by atoms with Gasteiger partial charge in [0.25, 0.3) is 0 Å². The molecule has 3 nitrogen and oxygen atoms in total. The van der Waals surface area contributed by atoms with E-state index in [4.69, 9.17) is 8.48 Å². The molecule has 1 aliphatic carbocycles. The number of hydrogen-bond donors (Lipinski definition) is 3. The van der Waals surface area contributed by atoms with Gasteiger partial charge in [-0.3, -0.25) is 0 Å². The second-order valence-corrected chi connectivity index (χ2v) is 5.84. The van der Waals surface area contributed by atoms with Gasteiger partial charge >= 0.3 is 0 Å². The quantitative estimate of drug-likeness (QED) is 0.594. The molecule has 18 heavy (non-hydrogen) atoms. The van der Waals surface area contributed by atoms with Gasteiger partial charge in [0.05, 0.1) is 11.8 Å². The third-order valence-electron chi connectivity index (χ3n) is 3.38. The highest BCUT2D eigenvalue weighted by Crippen LogP contribution is 2.26. The highest BCUT2D eigenvalue weighted by atomic mass is 79.9. The van der Waals surface area contributed by atoms with E-state index in [2.05, 4.69) is 21.2 Å². The highest BCUT2D eigenvalue weighted by Gasteiger charge is 2.19. The Morgan fingerprint density at radius 1 is 1.44 bits per heavy atom. The molecule has 0 radical (unpaired) electrons. The number of halogens is 1. The lowest BCUT2D eigenvalue weighted by Gasteiger charge is -2.26. The molecule has 4 N–H and O–H groups in total. The average molecular weight is 316 g/mol. The van der Waals surface area contributed by atoms with Crippen molar-refractivity contribution in [2.75, 3.05) is 5.73 Å². The van der Waals surface area contributed by atoms with Crippen LogP contribution < -0.4 is 11.1 Å². The summed E-state index contributed by atoms with van der Waals surface area (Å²) in [5.41, 5.74) is 7.86.